The number of benzene rings is 2. The maximum Gasteiger partial charge on any atom is 0.228 e. The van der Waals surface area contributed by atoms with Gasteiger partial charge >= 0.3 is 0 Å². The number of methoxy groups -OCH3 is 2. The predicted molar refractivity (Wildman–Crippen MR) is 130 cm³/mol. The van der Waals surface area contributed by atoms with Gasteiger partial charge in [-0.3, -0.25) is 4.79 Å². The lowest BCUT2D eigenvalue weighted by molar-refractivity contribution is -0.105. The first-order chi connectivity index (χ1) is 15.5. The van der Waals surface area contributed by atoms with Crippen LogP contribution in [0, 0.1) is 6.92 Å². The van der Waals surface area contributed by atoms with Crippen molar-refractivity contribution in [2.75, 3.05) is 24.9 Å². The summed E-state index contributed by atoms with van der Waals surface area (Å²) in [7, 11) is 3.07. The van der Waals surface area contributed by atoms with E-state index in [1.165, 1.54) is 25.6 Å². The first-order valence-electron chi connectivity index (χ1n) is 9.40. The number of hydrogen-bond acceptors (Lipinski definition) is 7. The van der Waals surface area contributed by atoms with E-state index in [2.05, 4.69) is 20.6 Å². The number of ether oxygens (including phenoxy) is 2. The van der Waals surface area contributed by atoms with E-state index in [1.807, 2.05) is 25.1 Å². The highest BCUT2D eigenvalue weighted by Gasteiger charge is 2.21. The number of halogens is 2. The Morgan fingerprint density at radius 3 is 2.47 bits per heavy atom. The molecule has 1 amide bonds. The SMILES string of the molecule is COc1cc(OC)c(Cl)c(-c2cc3cnc(Nc4c(C)cccc4NC=O)nc3s2)c1Cl. The number of carbonyl (C=O) groups is 1. The van der Waals surface area contributed by atoms with Crippen molar-refractivity contribution in [3.8, 4) is 21.9 Å². The Hall–Kier alpha value is -3.07. The van der Waals surface area contributed by atoms with E-state index in [4.69, 9.17) is 32.7 Å². The second-order valence-electron chi connectivity index (χ2n) is 6.73. The van der Waals surface area contributed by atoms with Crippen LogP contribution in [0.25, 0.3) is 20.7 Å². The number of nitrogens with zero attached hydrogens (tertiary/aromatic N) is 2. The number of hydrogen-bond donors (Lipinski definition) is 2. The fraction of sp³-hybridized carbons (Fsp3) is 0.136. The molecular formula is C22H18Cl2N4O3S. The molecule has 0 aliphatic rings. The van der Waals surface area contributed by atoms with Gasteiger partial charge in [0.25, 0.3) is 0 Å². The highest BCUT2D eigenvalue weighted by Crippen LogP contribution is 2.48. The van der Waals surface area contributed by atoms with Crippen LogP contribution >= 0.6 is 34.5 Å². The highest BCUT2D eigenvalue weighted by atomic mass is 35.5. The van der Waals surface area contributed by atoms with Gasteiger partial charge < -0.3 is 20.1 Å². The van der Waals surface area contributed by atoms with E-state index in [9.17, 15) is 4.79 Å². The van der Waals surface area contributed by atoms with E-state index in [0.717, 1.165) is 26.3 Å². The van der Waals surface area contributed by atoms with E-state index in [1.54, 1.807) is 18.3 Å². The molecule has 10 heteroatoms. The zero-order valence-corrected chi connectivity index (χ0v) is 19.7. The van der Waals surface area contributed by atoms with Gasteiger partial charge in [0.15, 0.2) is 0 Å². The molecule has 4 aromatic rings. The molecule has 0 saturated carbocycles. The van der Waals surface area contributed by atoms with Crippen LogP contribution in [-0.2, 0) is 4.79 Å². The first kappa shape index (κ1) is 22.1. The van der Waals surface area contributed by atoms with Gasteiger partial charge in [-0.2, -0.15) is 0 Å². The van der Waals surface area contributed by atoms with Gasteiger partial charge in [-0.05, 0) is 24.6 Å². The molecule has 0 radical (unpaired) electrons. The maximum absolute atomic E-state index is 10.9. The van der Waals surface area contributed by atoms with Crippen LogP contribution in [0.4, 0.5) is 17.3 Å². The third kappa shape index (κ3) is 4.04. The summed E-state index contributed by atoms with van der Waals surface area (Å²) in [4.78, 5) is 21.5. The number of carbonyl (C=O) groups excluding carboxylic acids is 1. The smallest absolute Gasteiger partial charge is 0.228 e. The molecule has 0 aliphatic carbocycles. The average molecular weight is 489 g/mol. The molecule has 32 heavy (non-hydrogen) atoms. The number of nitrogens with one attached hydrogen (secondary N) is 2. The van der Waals surface area contributed by atoms with Crippen molar-refractivity contribution >= 4 is 68.5 Å². The van der Waals surface area contributed by atoms with Gasteiger partial charge in [0.2, 0.25) is 12.4 Å². The molecule has 2 N–H and O–H groups in total. The van der Waals surface area contributed by atoms with Gasteiger partial charge in [0, 0.05) is 28.1 Å². The van der Waals surface area contributed by atoms with Crippen molar-refractivity contribution in [3.63, 3.8) is 0 Å². The first-order valence-corrected chi connectivity index (χ1v) is 11.0. The standard InChI is InChI=1S/C22H18Cl2N4O3S/c1-11-5-4-6-13(26-10-29)20(11)27-22-25-9-12-7-16(32-21(12)28-22)17-18(23)14(30-2)8-15(31-3)19(17)24/h4-10H,1-3H3,(H,26,29)(H,25,27,28). The third-order valence-electron chi connectivity index (χ3n) is 4.82. The Kier molecular flexibility index (Phi) is 6.36. The molecule has 2 heterocycles. The van der Waals surface area contributed by atoms with Crippen LogP contribution in [-0.4, -0.2) is 30.6 Å². The molecule has 0 atom stereocenters. The van der Waals surface area contributed by atoms with Gasteiger partial charge in [-0.25, -0.2) is 9.97 Å². The molecule has 164 valence electrons. The maximum atomic E-state index is 10.9. The van der Waals surface area contributed by atoms with E-state index < -0.39 is 0 Å². The summed E-state index contributed by atoms with van der Waals surface area (Å²) in [5, 5.41) is 7.49. The second kappa shape index (κ2) is 9.20. The quantitative estimate of drug-likeness (QED) is 0.296. The minimum Gasteiger partial charge on any atom is -0.495 e. The molecule has 0 spiro atoms. The van der Waals surface area contributed by atoms with Crippen molar-refractivity contribution in [3.05, 3.63) is 52.1 Å². The van der Waals surface area contributed by atoms with Gasteiger partial charge in [0.1, 0.15) is 16.3 Å². The normalized spacial score (nSPS) is 10.8. The number of rotatable bonds is 7. The number of amides is 1. The van der Waals surface area contributed by atoms with Gasteiger partial charge in [-0.15, -0.1) is 11.3 Å². The number of aromatic nitrogens is 2. The van der Waals surface area contributed by atoms with Crippen LogP contribution in [0.2, 0.25) is 10.0 Å². The monoisotopic (exact) mass is 488 g/mol. The molecule has 7 nitrogen and oxygen atoms in total. The van der Waals surface area contributed by atoms with Crippen molar-refractivity contribution in [2.45, 2.75) is 6.92 Å². The molecule has 2 aromatic heterocycles. The fourth-order valence-corrected chi connectivity index (χ4v) is 5.12. The molecule has 0 bridgehead atoms. The topological polar surface area (TPSA) is 85.4 Å². The summed E-state index contributed by atoms with van der Waals surface area (Å²) < 4.78 is 10.7. The van der Waals surface area contributed by atoms with Crippen molar-refractivity contribution in [2.24, 2.45) is 0 Å². The molecule has 0 aliphatic heterocycles. The summed E-state index contributed by atoms with van der Waals surface area (Å²) in [6.07, 6.45) is 2.35. The van der Waals surface area contributed by atoms with Crippen molar-refractivity contribution < 1.29 is 14.3 Å². The van der Waals surface area contributed by atoms with Crippen LogP contribution in [0.5, 0.6) is 11.5 Å². The molecule has 0 unspecified atom stereocenters. The second-order valence-corrected chi connectivity index (χ2v) is 8.52. The fourth-order valence-electron chi connectivity index (χ4n) is 3.25. The third-order valence-corrected chi connectivity index (χ3v) is 6.63. The summed E-state index contributed by atoms with van der Waals surface area (Å²) in [5.74, 6) is 1.32. The Labute approximate surface area is 198 Å². The Balaban J connectivity index is 1.77. The Morgan fingerprint density at radius 1 is 1.09 bits per heavy atom. The molecule has 2 aromatic carbocycles. The number of aryl methyl sites for hydroxylation is 1. The van der Waals surface area contributed by atoms with Crippen LogP contribution in [0.15, 0.2) is 36.5 Å². The van der Waals surface area contributed by atoms with E-state index in [0.29, 0.717) is 45.2 Å². The lowest BCUT2D eigenvalue weighted by Gasteiger charge is -2.13. The zero-order valence-electron chi connectivity index (χ0n) is 17.3. The Morgan fingerprint density at radius 2 is 1.81 bits per heavy atom. The van der Waals surface area contributed by atoms with E-state index >= 15 is 0 Å². The van der Waals surface area contributed by atoms with Gasteiger partial charge in [0.05, 0.1) is 35.6 Å². The Bertz CT molecular complexity index is 1300. The van der Waals surface area contributed by atoms with Crippen molar-refractivity contribution in [1.29, 1.82) is 0 Å². The lowest BCUT2D eigenvalue weighted by atomic mass is 10.1. The molecule has 4 rings (SSSR count). The van der Waals surface area contributed by atoms with Crippen LogP contribution in [0.1, 0.15) is 5.56 Å². The number of thiophene rings is 1. The minimum atomic E-state index is 0.389. The van der Waals surface area contributed by atoms with Gasteiger partial charge in [-0.1, -0.05) is 35.3 Å². The van der Waals surface area contributed by atoms with Crippen LogP contribution < -0.4 is 20.1 Å². The number of fused-ring (bicyclic) bond motifs is 1. The predicted octanol–water partition coefficient (Wildman–Crippen LogP) is 6.30. The summed E-state index contributed by atoms with van der Waals surface area (Å²) in [6.45, 7) is 1.93. The minimum absolute atomic E-state index is 0.389. The average Bonchev–Trinajstić information content (AvgIpc) is 3.19. The zero-order chi connectivity index (χ0) is 22.8. The molecule has 0 fully saturated rings. The number of para-hydroxylation sites is 1. The summed E-state index contributed by atoms with van der Waals surface area (Å²) >= 11 is 14.6. The van der Waals surface area contributed by atoms with Crippen LogP contribution in [0.3, 0.4) is 0 Å². The summed E-state index contributed by atoms with van der Waals surface area (Å²) in [5.41, 5.74) is 2.91. The molecule has 0 saturated heterocycles. The lowest BCUT2D eigenvalue weighted by Crippen LogP contribution is -2.03. The summed E-state index contributed by atoms with van der Waals surface area (Å²) in [6, 6.07) is 9.16. The largest absolute Gasteiger partial charge is 0.495 e. The molecular weight excluding hydrogens is 471 g/mol. The van der Waals surface area contributed by atoms with Crippen molar-refractivity contribution in [1.82, 2.24) is 9.97 Å². The van der Waals surface area contributed by atoms with E-state index in [-0.39, 0.29) is 0 Å². The number of anilines is 3. The highest BCUT2D eigenvalue weighted by molar-refractivity contribution is 7.22.